The van der Waals surface area contributed by atoms with Gasteiger partial charge >= 0.3 is 0 Å². The van der Waals surface area contributed by atoms with Gasteiger partial charge in [-0.15, -0.1) is 0 Å². The number of halogens is 2. The molecule has 3 heteroatoms. The van der Waals surface area contributed by atoms with Crippen LogP contribution in [0.15, 0.2) is 12.1 Å². The summed E-state index contributed by atoms with van der Waals surface area (Å²) >= 11 is 0. The lowest BCUT2D eigenvalue weighted by Gasteiger charge is -2.28. The molecule has 0 saturated heterocycles. The SMILES string of the molecule is Cc1cc(CCC(C)(C)CCNC(C)(C)C)c(F)cc1F. The Labute approximate surface area is 128 Å². The van der Waals surface area contributed by atoms with Gasteiger partial charge in [-0.25, -0.2) is 8.78 Å². The topological polar surface area (TPSA) is 12.0 Å². The average Bonchev–Trinajstić information content (AvgIpc) is 2.30. The van der Waals surface area contributed by atoms with Crippen molar-refractivity contribution in [2.24, 2.45) is 5.41 Å². The predicted octanol–water partition coefficient (Wildman–Crippen LogP) is 5.01. The Morgan fingerprint density at radius 2 is 1.57 bits per heavy atom. The fraction of sp³-hybridized carbons (Fsp3) is 0.667. The van der Waals surface area contributed by atoms with Crippen LogP contribution < -0.4 is 5.32 Å². The predicted molar refractivity (Wildman–Crippen MR) is 85.6 cm³/mol. The van der Waals surface area contributed by atoms with Crippen molar-refractivity contribution in [3.8, 4) is 0 Å². The quantitative estimate of drug-likeness (QED) is 0.778. The van der Waals surface area contributed by atoms with E-state index in [0.717, 1.165) is 25.5 Å². The summed E-state index contributed by atoms with van der Waals surface area (Å²) in [5.74, 6) is -0.897. The third-order valence-electron chi connectivity index (χ3n) is 3.86. The van der Waals surface area contributed by atoms with Gasteiger partial charge in [0.15, 0.2) is 0 Å². The van der Waals surface area contributed by atoms with E-state index in [9.17, 15) is 8.78 Å². The van der Waals surface area contributed by atoms with Crippen molar-refractivity contribution in [1.82, 2.24) is 5.32 Å². The lowest BCUT2D eigenvalue weighted by molar-refractivity contribution is 0.283. The molecular weight excluding hydrogens is 268 g/mol. The highest BCUT2D eigenvalue weighted by molar-refractivity contribution is 5.25. The lowest BCUT2D eigenvalue weighted by Crippen LogP contribution is -2.38. The number of benzene rings is 1. The molecule has 1 aromatic rings. The standard InChI is InChI=1S/C18H29F2N/c1-13-11-14(16(20)12-15(13)19)7-8-18(5,6)9-10-21-17(2,3)4/h11-12,21H,7-10H2,1-6H3. The monoisotopic (exact) mass is 297 g/mol. The fourth-order valence-corrected chi connectivity index (χ4v) is 2.28. The van der Waals surface area contributed by atoms with E-state index in [1.54, 1.807) is 13.0 Å². The normalized spacial score (nSPS) is 12.8. The van der Waals surface area contributed by atoms with E-state index in [-0.39, 0.29) is 11.0 Å². The molecule has 0 amide bonds. The minimum absolute atomic E-state index is 0.121. The van der Waals surface area contributed by atoms with Crippen LogP contribution in [0.3, 0.4) is 0 Å². The molecule has 0 saturated carbocycles. The van der Waals surface area contributed by atoms with Gasteiger partial charge in [-0.05, 0) is 70.0 Å². The first-order valence-electron chi connectivity index (χ1n) is 7.70. The number of nitrogens with one attached hydrogen (secondary N) is 1. The first-order chi connectivity index (χ1) is 9.50. The molecule has 0 aliphatic heterocycles. The van der Waals surface area contributed by atoms with E-state index in [1.807, 2.05) is 0 Å². The summed E-state index contributed by atoms with van der Waals surface area (Å²) in [5, 5.41) is 3.48. The molecule has 0 spiro atoms. The number of hydrogen-bond acceptors (Lipinski definition) is 1. The van der Waals surface area contributed by atoms with Crippen LogP contribution in [0.5, 0.6) is 0 Å². The molecule has 0 atom stereocenters. The third-order valence-corrected chi connectivity index (χ3v) is 3.86. The third kappa shape index (κ3) is 6.56. The molecule has 21 heavy (non-hydrogen) atoms. The van der Waals surface area contributed by atoms with Gasteiger partial charge in [0.1, 0.15) is 11.6 Å². The number of hydrogen-bond donors (Lipinski definition) is 1. The second-order valence-corrected chi connectivity index (χ2v) is 7.78. The van der Waals surface area contributed by atoms with E-state index in [4.69, 9.17) is 0 Å². The molecular formula is C18H29F2N. The first-order valence-corrected chi connectivity index (χ1v) is 7.70. The average molecular weight is 297 g/mol. The highest BCUT2D eigenvalue weighted by atomic mass is 19.1. The van der Waals surface area contributed by atoms with Gasteiger partial charge in [0, 0.05) is 11.6 Å². The zero-order valence-electron chi connectivity index (χ0n) is 14.2. The van der Waals surface area contributed by atoms with Crippen LogP contribution in [0.4, 0.5) is 8.78 Å². The Bertz CT molecular complexity index is 473. The summed E-state index contributed by atoms with van der Waals surface area (Å²) in [7, 11) is 0. The van der Waals surface area contributed by atoms with E-state index in [2.05, 4.69) is 39.9 Å². The fourth-order valence-electron chi connectivity index (χ4n) is 2.28. The highest BCUT2D eigenvalue weighted by Gasteiger charge is 2.20. The maximum Gasteiger partial charge on any atom is 0.129 e. The molecule has 0 aliphatic rings. The van der Waals surface area contributed by atoms with Crippen LogP contribution in [0.1, 0.15) is 58.6 Å². The van der Waals surface area contributed by atoms with Crippen molar-refractivity contribution in [2.75, 3.05) is 6.54 Å². The van der Waals surface area contributed by atoms with Gasteiger partial charge in [0.2, 0.25) is 0 Å². The summed E-state index contributed by atoms with van der Waals surface area (Å²) < 4.78 is 27.0. The molecule has 1 aromatic carbocycles. The minimum Gasteiger partial charge on any atom is -0.312 e. The van der Waals surface area contributed by atoms with Gasteiger partial charge in [-0.2, -0.15) is 0 Å². The molecule has 1 N–H and O–H groups in total. The number of rotatable bonds is 6. The van der Waals surface area contributed by atoms with Crippen LogP contribution in [0, 0.1) is 24.0 Å². The van der Waals surface area contributed by atoms with E-state index < -0.39 is 11.6 Å². The van der Waals surface area contributed by atoms with E-state index in [0.29, 0.717) is 17.5 Å². The van der Waals surface area contributed by atoms with Crippen LogP contribution >= 0.6 is 0 Å². The maximum absolute atomic E-state index is 13.8. The van der Waals surface area contributed by atoms with Crippen LogP contribution in [0.25, 0.3) is 0 Å². The maximum atomic E-state index is 13.8. The van der Waals surface area contributed by atoms with Crippen molar-refractivity contribution >= 4 is 0 Å². The molecule has 0 aliphatic carbocycles. The Morgan fingerprint density at radius 1 is 0.952 bits per heavy atom. The Kier molecular flexibility index (Phi) is 5.92. The molecule has 0 radical (unpaired) electrons. The van der Waals surface area contributed by atoms with Gasteiger partial charge in [0.05, 0.1) is 0 Å². The summed E-state index contributed by atoms with van der Waals surface area (Å²) in [6.07, 6.45) is 2.57. The molecule has 0 aromatic heterocycles. The van der Waals surface area contributed by atoms with Crippen molar-refractivity contribution < 1.29 is 8.78 Å². The van der Waals surface area contributed by atoms with E-state index >= 15 is 0 Å². The Hall–Kier alpha value is -0.960. The van der Waals surface area contributed by atoms with Crippen molar-refractivity contribution in [3.63, 3.8) is 0 Å². The minimum atomic E-state index is -0.468. The number of aryl methyl sites for hydroxylation is 2. The zero-order chi connectivity index (χ0) is 16.3. The molecule has 1 nitrogen and oxygen atoms in total. The molecule has 0 fully saturated rings. The largest absolute Gasteiger partial charge is 0.312 e. The van der Waals surface area contributed by atoms with Crippen molar-refractivity contribution in [2.45, 2.75) is 66.3 Å². The Morgan fingerprint density at radius 3 is 2.14 bits per heavy atom. The van der Waals surface area contributed by atoms with Crippen LogP contribution in [-0.4, -0.2) is 12.1 Å². The van der Waals surface area contributed by atoms with Gasteiger partial charge in [-0.1, -0.05) is 19.9 Å². The van der Waals surface area contributed by atoms with Crippen LogP contribution in [-0.2, 0) is 6.42 Å². The first kappa shape index (κ1) is 18.1. The van der Waals surface area contributed by atoms with Gasteiger partial charge in [0.25, 0.3) is 0 Å². The summed E-state index contributed by atoms with van der Waals surface area (Å²) in [6.45, 7) is 13.5. The van der Waals surface area contributed by atoms with E-state index in [1.165, 1.54) is 0 Å². The second-order valence-electron chi connectivity index (χ2n) is 7.78. The highest BCUT2D eigenvalue weighted by Crippen LogP contribution is 2.28. The van der Waals surface area contributed by atoms with Crippen LogP contribution in [0.2, 0.25) is 0 Å². The zero-order valence-corrected chi connectivity index (χ0v) is 14.2. The van der Waals surface area contributed by atoms with Crippen molar-refractivity contribution in [1.29, 1.82) is 0 Å². The summed E-state index contributed by atoms with van der Waals surface area (Å²) in [4.78, 5) is 0. The smallest absolute Gasteiger partial charge is 0.129 e. The summed E-state index contributed by atoms with van der Waals surface area (Å²) in [6, 6.07) is 2.63. The molecule has 1 rings (SSSR count). The molecule has 0 unspecified atom stereocenters. The Balaban J connectivity index is 2.55. The lowest BCUT2D eigenvalue weighted by atomic mass is 9.82. The second kappa shape index (κ2) is 6.87. The summed E-state index contributed by atoms with van der Waals surface area (Å²) in [5.41, 5.74) is 1.38. The molecule has 120 valence electrons. The van der Waals surface area contributed by atoms with Crippen molar-refractivity contribution in [3.05, 3.63) is 34.9 Å². The molecule has 0 bridgehead atoms. The van der Waals surface area contributed by atoms with Gasteiger partial charge in [-0.3, -0.25) is 0 Å². The molecule has 0 heterocycles. The van der Waals surface area contributed by atoms with Gasteiger partial charge < -0.3 is 5.32 Å².